The summed E-state index contributed by atoms with van der Waals surface area (Å²) in [5, 5.41) is 0. The average Bonchev–Trinajstić information content (AvgIpc) is 2.29. The molecule has 0 heterocycles. The van der Waals surface area contributed by atoms with Gasteiger partial charge in [-0.3, -0.25) is 4.79 Å². The number of hydrogen-bond donors (Lipinski definition) is 0. The molecule has 0 aliphatic carbocycles. The van der Waals surface area contributed by atoms with Crippen LogP contribution in [-0.2, 0) is 11.2 Å². The van der Waals surface area contributed by atoms with Crippen molar-refractivity contribution in [1.29, 1.82) is 0 Å². The molecular formula is C14H19BrO3. The van der Waals surface area contributed by atoms with Crippen LogP contribution in [0.1, 0.15) is 37.8 Å². The molecule has 0 N–H and O–H groups in total. The van der Waals surface area contributed by atoms with E-state index < -0.39 is 0 Å². The van der Waals surface area contributed by atoms with Gasteiger partial charge in [0.15, 0.2) is 11.5 Å². The summed E-state index contributed by atoms with van der Waals surface area (Å²) in [6.07, 6.45) is 0.397. The number of rotatable bonds is 5. The summed E-state index contributed by atoms with van der Waals surface area (Å²) < 4.78 is 11.7. The molecule has 4 heteroatoms. The molecule has 0 unspecified atom stereocenters. The molecule has 0 aromatic heterocycles. The highest BCUT2D eigenvalue weighted by Crippen LogP contribution is 2.42. The van der Waals surface area contributed by atoms with Crippen molar-refractivity contribution in [3.8, 4) is 11.5 Å². The Morgan fingerprint density at radius 1 is 1.33 bits per heavy atom. The van der Waals surface area contributed by atoms with Crippen molar-refractivity contribution < 1.29 is 14.3 Å². The van der Waals surface area contributed by atoms with Gasteiger partial charge in [-0.25, -0.2) is 0 Å². The third-order valence-electron chi connectivity index (χ3n) is 2.77. The smallest absolute Gasteiger partial charge is 0.164 e. The summed E-state index contributed by atoms with van der Waals surface area (Å²) in [6, 6.07) is 1.85. The number of methoxy groups -OCH3 is 2. The van der Waals surface area contributed by atoms with Crippen molar-refractivity contribution in [3.63, 3.8) is 0 Å². The first kappa shape index (κ1) is 15.0. The van der Waals surface area contributed by atoms with Crippen LogP contribution < -0.4 is 9.47 Å². The molecule has 0 saturated carbocycles. The largest absolute Gasteiger partial charge is 0.493 e. The van der Waals surface area contributed by atoms with Gasteiger partial charge < -0.3 is 9.47 Å². The number of benzene rings is 1. The van der Waals surface area contributed by atoms with Gasteiger partial charge in [-0.05, 0) is 24.5 Å². The summed E-state index contributed by atoms with van der Waals surface area (Å²) in [4.78, 5) is 11.4. The highest BCUT2D eigenvalue weighted by molar-refractivity contribution is 9.10. The first-order valence-corrected chi connectivity index (χ1v) is 6.64. The van der Waals surface area contributed by atoms with Gasteiger partial charge in [0.05, 0.1) is 14.2 Å². The van der Waals surface area contributed by atoms with Gasteiger partial charge in [0.2, 0.25) is 0 Å². The predicted octanol–water partition coefficient (Wildman–Crippen LogP) is 3.72. The van der Waals surface area contributed by atoms with Crippen LogP contribution in [0.3, 0.4) is 0 Å². The fraction of sp³-hybridized carbons (Fsp3) is 0.500. The molecule has 0 amide bonds. The monoisotopic (exact) mass is 314 g/mol. The zero-order valence-corrected chi connectivity index (χ0v) is 13.1. The highest BCUT2D eigenvalue weighted by atomic mass is 79.9. The maximum atomic E-state index is 11.4. The van der Waals surface area contributed by atoms with Crippen molar-refractivity contribution in [2.45, 2.75) is 33.1 Å². The van der Waals surface area contributed by atoms with Crippen LogP contribution in [0.5, 0.6) is 11.5 Å². The van der Waals surface area contributed by atoms with Crippen LogP contribution in [0.2, 0.25) is 0 Å². The second-order valence-electron chi connectivity index (χ2n) is 4.52. The van der Waals surface area contributed by atoms with E-state index in [1.54, 1.807) is 21.1 Å². The third-order valence-corrected chi connectivity index (χ3v) is 3.47. The lowest BCUT2D eigenvalue weighted by Gasteiger charge is -2.20. The maximum Gasteiger partial charge on any atom is 0.164 e. The predicted molar refractivity (Wildman–Crippen MR) is 75.7 cm³/mol. The summed E-state index contributed by atoms with van der Waals surface area (Å²) in [5.74, 6) is 1.78. The van der Waals surface area contributed by atoms with E-state index >= 15 is 0 Å². The van der Waals surface area contributed by atoms with E-state index in [4.69, 9.17) is 9.47 Å². The Kier molecular flexibility index (Phi) is 5.20. The molecule has 1 aromatic carbocycles. The van der Waals surface area contributed by atoms with Crippen LogP contribution in [0.25, 0.3) is 0 Å². The summed E-state index contributed by atoms with van der Waals surface area (Å²) in [5.41, 5.74) is 2.01. The van der Waals surface area contributed by atoms with Crippen LogP contribution in [0.15, 0.2) is 10.5 Å². The van der Waals surface area contributed by atoms with Gasteiger partial charge >= 0.3 is 0 Å². The lowest BCUT2D eigenvalue weighted by atomic mass is 9.93. The van der Waals surface area contributed by atoms with E-state index in [-0.39, 0.29) is 11.7 Å². The molecule has 0 fully saturated rings. The average molecular weight is 315 g/mol. The first-order chi connectivity index (χ1) is 8.42. The Morgan fingerprint density at radius 2 is 1.94 bits per heavy atom. The zero-order chi connectivity index (χ0) is 13.9. The van der Waals surface area contributed by atoms with Crippen molar-refractivity contribution in [2.75, 3.05) is 14.2 Å². The number of ketones is 1. The fourth-order valence-corrected chi connectivity index (χ4v) is 2.63. The molecule has 0 spiro atoms. The Hall–Kier alpha value is -1.03. The molecule has 0 saturated heterocycles. The molecule has 1 aromatic rings. The van der Waals surface area contributed by atoms with E-state index in [1.807, 2.05) is 6.07 Å². The molecule has 0 bridgehead atoms. The lowest BCUT2D eigenvalue weighted by molar-refractivity contribution is -0.116. The standard InChI is InChI=1S/C14H19BrO3/c1-8(2)13-10(6-9(3)16)11(15)7-12(17-4)14(13)18-5/h7-8H,6H2,1-5H3. The number of halogens is 1. The summed E-state index contributed by atoms with van der Waals surface area (Å²) >= 11 is 3.51. The summed E-state index contributed by atoms with van der Waals surface area (Å²) in [6.45, 7) is 5.74. The molecule has 100 valence electrons. The Labute approximate surface area is 117 Å². The van der Waals surface area contributed by atoms with Crippen LogP contribution in [0, 0.1) is 0 Å². The van der Waals surface area contributed by atoms with Gasteiger partial charge in [-0.15, -0.1) is 0 Å². The molecular weight excluding hydrogens is 296 g/mol. The normalized spacial score (nSPS) is 10.6. The van der Waals surface area contributed by atoms with E-state index in [2.05, 4.69) is 29.8 Å². The Balaban J connectivity index is 3.53. The Bertz CT molecular complexity index is 453. The van der Waals surface area contributed by atoms with Gasteiger partial charge in [-0.1, -0.05) is 29.8 Å². The number of Topliss-reactive ketones (excluding diaryl/α,β-unsaturated/α-hetero) is 1. The molecule has 1 rings (SSSR count). The van der Waals surface area contributed by atoms with Gasteiger partial charge in [-0.2, -0.15) is 0 Å². The number of carbonyl (C=O) groups is 1. The van der Waals surface area contributed by atoms with Crippen molar-refractivity contribution >= 4 is 21.7 Å². The molecule has 18 heavy (non-hydrogen) atoms. The first-order valence-electron chi connectivity index (χ1n) is 5.85. The minimum Gasteiger partial charge on any atom is -0.493 e. The van der Waals surface area contributed by atoms with Crippen LogP contribution in [0.4, 0.5) is 0 Å². The van der Waals surface area contributed by atoms with Crippen LogP contribution >= 0.6 is 15.9 Å². The van der Waals surface area contributed by atoms with Crippen molar-refractivity contribution in [1.82, 2.24) is 0 Å². The van der Waals surface area contributed by atoms with Gasteiger partial charge in [0, 0.05) is 16.5 Å². The Morgan fingerprint density at radius 3 is 2.33 bits per heavy atom. The SMILES string of the molecule is COc1cc(Br)c(CC(C)=O)c(C(C)C)c1OC. The lowest BCUT2D eigenvalue weighted by Crippen LogP contribution is -2.07. The van der Waals surface area contributed by atoms with E-state index in [9.17, 15) is 4.79 Å². The quantitative estimate of drug-likeness (QED) is 0.831. The number of ether oxygens (including phenoxy) is 2. The second-order valence-corrected chi connectivity index (χ2v) is 5.37. The molecule has 0 aliphatic heterocycles. The highest BCUT2D eigenvalue weighted by Gasteiger charge is 2.21. The van der Waals surface area contributed by atoms with E-state index in [0.29, 0.717) is 17.9 Å². The number of carbonyl (C=O) groups excluding carboxylic acids is 1. The van der Waals surface area contributed by atoms with Crippen molar-refractivity contribution in [2.24, 2.45) is 0 Å². The van der Waals surface area contributed by atoms with E-state index in [1.165, 1.54) is 0 Å². The maximum absolute atomic E-state index is 11.4. The number of hydrogen-bond acceptors (Lipinski definition) is 3. The van der Waals surface area contributed by atoms with E-state index in [0.717, 1.165) is 15.6 Å². The molecule has 0 atom stereocenters. The van der Waals surface area contributed by atoms with Gasteiger partial charge in [0.25, 0.3) is 0 Å². The molecule has 0 aliphatic rings. The summed E-state index contributed by atoms with van der Waals surface area (Å²) in [7, 11) is 3.23. The van der Waals surface area contributed by atoms with Gasteiger partial charge in [0.1, 0.15) is 5.78 Å². The van der Waals surface area contributed by atoms with Crippen LogP contribution in [-0.4, -0.2) is 20.0 Å². The minimum atomic E-state index is 0.129. The molecule has 0 radical (unpaired) electrons. The molecule has 3 nitrogen and oxygen atoms in total. The third kappa shape index (κ3) is 3.05. The topological polar surface area (TPSA) is 35.5 Å². The minimum absolute atomic E-state index is 0.129. The fourth-order valence-electron chi connectivity index (χ4n) is 2.07. The van der Waals surface area contributed by atoms with Crippen molar-refractivity contribution in [3.05, 3.63) is 21.7 Å². The zero-order valence-electron chi connectivity index (χ0n) is 11.5. The second kappa shape index (κ2) is 6.23.